The van der Waals surface area contributed by atoms with Crippen LogP contribution in [0.25, 0.3) is 22.7 Å². The van der Waals surface area contributed by atoms with Crippen molar-refractivity contribution in [3.05, 3.63) is 69.1 Å². The second-order valence-corrected chi connectivity index (χ2v) is 11.6. The Morgan fingerprint density at radius 2 is 1.80 bits per heavy atom. The Balaban J connectivity index is 1.07. The molecule has 2 aromatic heterocycles. The molecule has 2 saturated heterocycles. The molecule has 4 aromatic rings. The largest absolute Gasteiger partial charge is 0.478 e. The molecule has 7 rings (SSSR count). The molecule has 1 aliphatic carbocycles. The minimum atomic E-state index is -1.33. The zero-order chi connectivity index (χ0) is 28.2. The SMILES string of the molecule is O=C(O)c1ccc(-c2nnc(N3[C@@H]4CC[C@H]3CC(OCc3c(-c5c(Cl)cccc5Cl)noc3C3CC3)C4)o2)cc1F. The number of piperidine rings is 1. The Kier molecular flexibility index (Phi) is 6.72. The molecule has 2 bridgehead atoms. The highest BCUT2D eigenvalue weighted by Gasteiger charge is 2.44. The summed E-state index contributed by atoms with van der Waals surface area (Å²) in [7, 11) is 0. The van der Waals surface area contributed by atoms with Crippen LogP contribution in [0, 0.1) is 5.82 Å². The minimum Gasteiger partial charge on any atom is -0.478 e. The predicted octanol–water partition coefficient (Wildman–Crippen LogP) is 7.13. The number of fused-ring (bicyclic) bond motifs is 2. The van der Waals surface area contributed by atoms with Crippen molar-refractivity contribution in [2.75, 3.05) is 4.90 Å². The van der Waals surface area contributed by atoms with Gasteiger partial charge in [-0.1, -0.05) is 39.5 Å². The molecular formula is C29H25Cl2FN4O5. The highest BCUT2D eigenvalue weighted by Crippen LogP contribution is 2.47. The average Bonchev–Trinajstić information content (AvgIpc) is 3.41. The first-order valence-electron chi connectivity index (χ1n) is 13.6. The van der Waals surface area contributed by atoms with Crippen molar-refractivity contribution in [3.63, 3.8) is 0 Å². The summed E-state index contributed by atoms with van der Waals surface area (Å²) in [5.74, 6) is -0.860. The zero-order valence-electron chi connectivity index (χ0n) is 21.7. The fraction of sp³-hybridized carbons (Fsp3) is 0.379. The van der Waals surface area contributed by atoms with Gasteiger partial charge >= 0.3 is 12.0 Å². The quantitative estimate of drug-likeness (QED) is 0.226. The first-order valence-corrected chi connectivity index (χ1v) is 14.3. The highest BCUT2D eigenvalue weighted by atomic mass is 35.5. The van der Waals surface area contributed by atoms with Gasteiger partial charge in [0.05, 0.1) is 28.3 Å². The van der Waals surface area contributed by atoms with Gasteiger partial charge in [-0.05, 0) is 68.9 Å². The Hall–Kier alpha value is -3.47. The molecule has 2 aliphatic heterocycles. The number of carboxylic acid groups (broad SMARTS) is 1. The third-order valence-corrected chi connectivity index (χ3v) is 8.83. The summed E-state index contributed by atoms with van der Waals surface area (Å²) in [5, 5.41) is 22.8. The summed E-state index contributed by atoms with van der Waals surface area (Å²) in [5.41, 5.74) is 2.11. The van der Waals surface area contributed by atoms with Crippen molar-refractivity contribution in [3.8, 4) is 22.7 Å². The van der Waals surface area contributed by atoms with E-state index in [0.717, 1.165) is 55.9 Å². The number of carboxylic acids is 1. The number of aromatic carboxylic acids is 1. The van der Waals surface area contributed by atoms with Gasteiger partial charge in [0.15, 0.2) is 0 Å². The second-order valence-electron chi connectivity index (χ2n) is 10.8. The van der Waals surface area contributed by atoms with E-state index in [4.69, 9.17) is 42.0 Å². The molecule has 4 heterocycles. The van der Waals surface area contributed by atoms with E-state index >= 15 is 0 Å². The van der Waals surface area contributed by atoms with Crippen molar-refractivity contribution in [1.82, 2.24) is 15.4 Å². The average molecular weight is 599 g/mol. The Morgan fingerprint density at radius 3 is 2.46 bits per heavy atom. The Morgan fingerprint density at radius 1 is 1.07 bits per heavy atom. The number of hydrogen-bond acceptors (Lipinski definition) is 8. The Labute approximate surface area is 244 Å². The van der Waals surface area contributed by atoms with E-state index in [2.05, 4.69) is 20.3 Å². The number of nitrogens with zero attached hydrogens (tertiary/aromatic N) is 4. The van der Waals surface area contributed by atoms with Crippen LogP contribution < -0.4 is 4.90 Å². The number of carbonyl (C=O) groups is 1. The summed E-state index contributed by atoms with van der Waals surface area (Å²) in [6.45, 7) is 0.346. The predicted molar refractivity (Wildman–Crippen MR) is 148 cm³/mol. The maximum absolute atomic E-state index is 14.2. The van der Waals surface area contributed by atoms with Crippen LogP contribution in [0.1, 0.15) is 66.1 Å². The van der Waals surface area contributed by atoms with Crippen LogP contribution in [0.2, 0.25) is 10.0 Å². The first-order chi connectivity index (χ1) is 19.9. The standard InChI is InChI=1S/C29H25Cl2FN4O5/c30-21-2-1-3-22(31)24(21)25-20(26(41-35-25)14-4-5-14)13-39-18-11-16-7-8-17(12-18)36(16)29-34-33-27(40-29)15-6-9-19(28(37)38)23(32)10-15/h1-3,6,9-10,14,16-18H,4-5,7-8,11-13H2,(H,37,38)/t16-,17+,18?. The second kappa shape index (κ2) is 10.4. The van der Waals surface area contributed by atoms with E-state index in [1.54, 1.807) is 18.2 Å². The lowest BCUT2D eigenvalue weighted by molar-refractivity contribution is 0.0139. The first kappa shape index (κ1) is 26.4. The van der Waals surface area contributed by atoms with Crippen molar-refractivity contribution < 1.29 is 28.0 Å². The normalized spacial score (nSPS) is 21.9. The van der Waals surface area contributed by atoms with Crippen LogP contribution in [0.4, 0.5) is 10.4 Å². The van der Waals surface area contributed by atoms with Gasteiger partial charge in [0, 0.05) is 34.7 Å². The van der Waals surface area contributed by atoms with E-state index in [0.29, 0.717) is 45.4 Å². The van der Waals surface area contributed by atoms with Crippen molar-refractivity contribution in [2.45, 2.75) is 69.2 Å². The number of halogens is 3. The third-order valence-electron chi connectivity index (χ3n) is 8.20. The van der Waals surface area contributed by atoms with E-state index in [1.807, 2.05) is 0 Å². The number of anilines is 1. The number of rotatable bonds is 8. The summed E-state index contributed by atoms with van der Waals surface area (Å²) < 4.78 is 32.4. The monoisotopic (exact) mass is 598 g/mol. The van der Waals surface area contributed by atoms with Crippen molar-refractivity contribution in [2.24, 2.45) is 0 Å². The van der Waals surface area contributed by atoms with Crippen molar-refractivity contribution in [1.29, 1.82) is 0 Å². The molecule has 9 nitrogen and oxygen atoms in total. The molecule has 212 valence electrons. The van der Waals surface area contributed by atoms with Gasteiger partial charge in [-0.2, -0.15) is 0 Å². The lowest BCUT2D eigenvalue weighted by Gasteiger charge is -2.37. The molecule has 12 heteroatoms. The molecule has 0 spiro atoms. The van der Waals surface area contributed by atoms with Crippen molar-refractivity contribution >= 4 is 35.2 Å². The van der Waals surface area contributed by atoms with Crippen LogP contribution in [-0.4, -0.2) is 44.6 Å². The van der Waals surface area contributed by atoms with Crippen LogP contribution in [0.3, 0.4) is 0 Å². The summed E-state index contributed by atoms with van der Waals surface area (Å²) in [6.07, 6.45) is 5.62. The summed E-state index contributed by atoms with van der Waals surface area (Å²) in [6, 6.07) is 9.81. The smallest absolute Gasteiger partial charge is 0.338 e. The lowest BCUT2D eigenvalue weighted by atomic mass is 10.00. The third kappa shape index (κ3) is 4.87. The van der Waals surface area contributed by atoms with Gasteiger partial charge in [-0.15, -0.1) is 5.10 Å². The lowest BCUT2D eigenvalue weighted by Crippen LogP contribution is -2.45. The van der Waals surface area contributed by atoms with E-state index in [9.17, 15) is 9.18 Å². The molecule has 0 amide bonds. The number of hydrogen-bond donors (Lipinski definition) is 1. The summed E-state index contributed by atoms with van der Waals surface area (Å²) >= 11 is 13.0. The van der Waals surface area contributed by atoms with Gasteiger partial charge in [0.25, 0.3) is 0 Å². The molecule has 0 radical (unpaired) electrons. The molecule has 41 heavy (non-hydrogen) atoms. The van der Waals surface area contributed by atoms with Gasteiger partial charge in [-0.25, -0.2) is 9.18 Å². The minimum absolute atomic E-state index is 0.0142. The maximum atomic E-state index is 14.2. The number of benzene rings is 2. The Bertz CT molecular complexity index is 1600. The van der Waals surface area contributed by atoms with E-state index < -0.39 is 17.3 Å². The summed E-state index contributed by atoms with van der Waals surface area (Å²) in [4.78, 5) is 13.3. The molecule has 3 atom stereocenters. The molecule has 1 saturated carbocycles. The van der Waals surface area contributed by atoms with Gasteiger partial charge in [-0.3, -0.25) is 0 Å². The molecule has 3 fully saturated rings. The van der Waals surface area contributed by atoms with Gasteiger partial charge in [0.2, 0.25) is 5.89 Å². The number of ether oxygens (including phenoxy) is 1. The fourth-order valence-electron chi connectivity index (χ4n) is 6.08. The van der Waals surface area contributed by atoms with Crippen LogP contribution in [0.5, 0.6) is 0 Å². The topological polar surface area (TPSA) is 115 Å². The van der Waals surface area contributed by atoms with Crippen LogP contribution >= 0.6 is 23.2 Å². The van der Waals surface area contributed by atoms with Crippen LogP contribution in [0.15, 0.2) is 45.3 Å². The zero-order valence-corrected chi connectivity index (χ0v) is 23.2. The maximum Gasteiger partial charge on any atom is 0.338 e. The highest BCUT2D eigenvalue weighted by molar-refractivity contribution is 6.39. The van der Waals surface area contributed by atoms with E-state index in [1.165, 1.54) is 12.1 Å². The molecular weight excluding hydrogens is 574 g/mol. The van der Waals surface area contributed by atoms with Gasteiger partial charge in [0.1, 0.15) is 17.3 Å². The fourth-order valence-corrected chi connectivity index (χ4v) is 6.66. The molecule has 1 unspecified atom stereocenters. The molecule has 1 N–H and O–H groups in total. The van der Waals surface area contributed by atoms with E-state index in [-0.39, 0.29) is 24.1 Å². The molecule has 2 aromatic carbocycles. The van der Waals surface area contributed by atoms with Gasteiger partial charge < -0.3 is 23.7 Å². The number of aromatic nitrogens is 3. The molecule has 3 aliphatic rings. The van der Waals surface area contributed by atoms with Crippen LogP contribution in [-0.2, 0) is 11.3 Å².